The molecule has 3 aromatic rings. The van der Waals surface area contributed by atoms with Gasteiger partial charge in [-0.3, -0.25) is 9.59 Å². The highest BCUT2D eigenvalue weighted by atomic mass is 16.5. The minimum Gasteiger partial charge on any atom is -0.489 e. The average Bonchev–Trinajstić information content (AvgIpc) is 2.84. The maximum atomic E-state index is 12.4. The van der Waals surface area contributed by atoms with Gasteiger partial charge in [0.15, 0.2) is 6.61 Å². The van der Waals surface area contributed by atoms with Crippen molar-refractivity contribution in [1.29, 1.82) is 0 Å². The van der Waals surface area contributed by atoms with Crippen molar-refractivity contribution in [3.63, 3.8) is 0 Å². The second kappa shape index (κ2) is 10.3. The Bertz CT molecular complexity index is 1170. The first kappa shape index (κ1) is 21.9. The van der Waals surface area contributed by atoms with Crippen LogP contribution in [0.4, 0.5) is 11.4 Å². The molecule has 2 amide bonds. The predicted octanol–water partition coefficient (Wildman–Crippen LogP) is 4.83. The number of carbonyl (C=O) groups is 2. The number of nitrogens with one attached hydrogen (secondary N) is 1. The number of ether oxygens (including phenoxy) is 2. The highest BCUT2D eigenvalue weighted by Gasteiger charge is 2.24. The van der Waals surface area contributed by atoms with Crippen LogP contribution in [-0.2, 0) is 16.2 Å². The molecule has 6 heteroatoms. The number of benzene rings is 3. The number of carbonyl (C=O) groups excluding carboxylic acids is 2. The van der Waals surface area contributed by atoms with E-state index in [-0.39, 0.29) is 18.4 Å². The third kappa shape index (κ3) is 5.68. The quantitative estimate of drug-likeness (QED) is 0.403. The summed E-state index contributed by atoms with van der Waals surface area (Å²) in [6, 6.07) is 22.7. The lowest BCUT2D eigenvalue weighted by atomic mass is 10.2. The molecule has 166 valence electrons. The fraction of sp³-hybridized carbons (Fsp3) is 0.111. The van der Waals surface area contributed by atoms with Gasteiger partial charge >= 0.3 is 0 Å². The molecule has 0 unspecified atom stereocenters. The van der Waals surface area contributed by atoms with E-state index in [1.807, 2.05) is 54.6 Å². The zero-order valence-corrected chi connectivity index (χ0v) is 18.1. The van der Waals surface area contributed by atoms with Crippen molar-refractivity contribution in [2.45, 2.75) is 6.61 Å². The summed E-state index contributed by atoms with van der Waals surface area (Å²) < 4.78 is 11.3. The van der Waals surface area contributed by atoms with Crippen LogP contribution in [0.25, 0.3) is 6.08 Å². The molecule has 0 radical (unpaired) electrons. The van der Waals surface area contributed by atoms with Gasteiger partial charge < -0.3 is 19.7 Å². The molecule has 0 atom stereocenters. The minimum atomic E-state index is -0.269. The van der Waals surface area contributed by atoms with E-state index in [1.165, 1.54) is 6.08 Å². The van der Waals surface area contributed by atoms with E-state index in [1.54, 1.807) is 35.3 Å². The zero-order valence-electron chi connectivity index (χ0n) is 18.1. The van der Waals surface area contributed by atoms with Gasteiger partial charge in [-0.2, -0.15) is 0 Å². The third-order valence-corrected chi connectivity index (χ3v) is 5.04. The molecule has 1 aliphatic rings. The summed E-state index contributed by atoms with van der Waals surface area (Å²) in [6.45, 7) is 4.55. The van der Waals surface area contributed by atoms with Crippen molar-refractivity contribution in [1.82, 2.24) is 0 Å². The number of hydrogen-bond donors (Lipinski definition) is 1. The maximum Gasteiger partial charge on any atom is 0.265 e. The average molecular weight is 440 g/mol. The van der Waals surface area contributed by atoms with E-state index in [9.17, 15) is 9.59 Å². The Hall–Kier alpha value is -4.32. The molecule has 6 nitrogen and oxygen atoms in total. The first-order valence-corrected chi connectivity index (χ1v) is 10.6. The SMILES string of the molecule is C=CCN1C(=O)COc2cc(NC(=O)/C=C/c3ccc(OCc4ccccc4)cc3)ccc21. The Labute approximate surface area is 192 Å². The number of fused-ring (bicyclic) bond motifs is 1. The van der Waals surface area contributed by atoms with Crippen LogP contribution in [0, 0.1) is 0 Å². The second-order valence-electron chi connectivity index (χ2n) is 7.43. The molecule has 1 N–H and O–H groups in total. The summed E-state index contributed by atoms with van der Waals surface area (Å²) in [7, 11) is 0. The summed E-state index contributed by atoms with van der Waals surface area (Å²) in [5, 5.41) is 2.82. The normalized spacial score (nSPS) is 12.7. The highest BCUT2D eigenvalue weighted by molar-refractivity contribution is 6.03. The molecule has 0 spiro atoms. The van der Waals surface area contributed by atoms with Gasteiger partial charge in [0, 0.05) is 24.4 Å². The second-order valence-corrected chi connectivity index (χ2v) is 7.43. The highest BCUT2D eigenvalue weighted by Crippen LogP contribution is 2.34. The molecule has 4 rings (SSSR count). The van der Waals surface area contributed by atoms with Crippen molar-refractivity contribution >= 4 is 29.3 Å². The lowest BCUT2D eigenvalue weighted by Crippen LogP contribution is -2.38. The number of hydrogen-bond acceptors (Lipinski definition) is 4. The van der Waals surface area contributed by atoms with Crippen LogP contribution in [0.15, 0.2) is 91.5 Å². The lowest BCUT2D eigenvalue weighted by molar-refractivity contribution is -0.121. The van der Waals surface area contributed by atoms with Crippen molar-refractivity contribution in [2.75, 3.05) is 23.4 Å². The molecule has 1 aliphatic heterocycles. The molecule has 0 bridgehead atoms. The fourth-order valence-corrected chi connectivity index (χ4v) is 3.38. The zero-order chi connectivity index (χ0) is 23.0. The maximum absolute atomic E-state index is 12.4. The predicted molar refractivity (Wildman–Crippen MR) is 129 cm³/mol. The van der Waals surface area contributed by atoms with Crippen LogP contribution in [0.2, 0.25) is 0 Å². The Kier molecular flexibility index (Phi) is 6.85. The summed E-state index contributed by atoms with van der Waals surface area (Å²) in [4.78, 5) is 26.0. The Balaban J connectivity index is 1.33. The van der Waals surface area contributed by atoms with Gasteiger partial charge in [0.2, 0.25) is 5.91 Å². The molecular weight excluding hydrogens is 416 g/mol. The van der Waals surface area contributed by atoms with E-state index < -0.39 is 0 Å². The van der Waals surface area contributed by atoms with E-state index in [2.05, 4.69) is 11.9 Å². The van der Waals surface area contributed by atoms with Gasteiger partial charge in [-0.15, -0.1) is 6.58 Å². The smallest absolute Gasteiger partial charge is 0.265 e. The summed E-state index contributed by atoms with van der Waals surface area (Å²) in [5.41, 5.74) is 3.23. The molecule has 33 heavy (non-hydrogen) atoms. The molecule has 0 saturated heterocycles. The Morgan fingerprint density at radius 1 is 1.09 bits per heavy atom. The van der Waals surface area contributed by atoms with E-state index in [0.29, 0.717) is 30.3 Å². The van der Waals surface area contributed by atoms with E-state index >= 15 is 0 Å². The number of anilines is 2. The van der Waals surface area contributed by atoms with Crippen molar-refractivity contribution in [3.8, 4) is 11.5 Å². The Morgan fingerprint density at radius 2 is 1.88 bits per heavy atom. The molecule has 0 aliphatic carbocycles. The fourth-order valence-electron chi connectivity index (χ4n) is 3.38. The molecule has 1 heterocycles. The standard InChI is InChI=1S/C27H24N2O4/c1-2-16-29-24-14-11-22(17-25(24)33-19-27(29)31)28-26(30)15-10-20-8-12-23(13-9-20)32-18-21-6-4-3-5-7-21/h2-15,17H,1,16,18-19H2,(H,28,30)/b15-10+. The van der Waals surface area contributed by atoms with Gasteiger partial charge in [0.1, 0.15) is 18.1 Å². The molecule has 0 fully saturated rings. The summed E-state index contributed by atoms with van der Waals surface area (Å²) >= 11 is 0. The first-order chi connectivity index (χ1) is 16.1. The molecule has 0 saturated carbocycles. The minimum absolute atomic E-state index is 0.0385. The number of amides is 2. The molecular formula is C27H24N2O4. The van der Waals surface area contributed by atoms with E-state index in [4.69, 9.17) is 9.47 Å². The monoisotopic (exact) mass is 440 g/mol. The number of rotatable bonds is 8. The van der Waals surface area contributed by atoms with E-state index in [0.717, 1.165) is 16.9 Å². The van der Waals surface area contributed by atoms with Gasteiger partial charge in [-0.1, -0.05) is 48.5 Å². The topological polar surface area (TPSA) is 67.9 Å². The summed E-state index contributed by atoms with van der Waals surface area (Å²) in [6.07, 6.45) is 4.86. The van der Waals surface area contributed by atoms with Crippen LogP contribution < -0.4 is 19.7 Å². The summed E-state index contributed by atoms with van der Waals surface area (Å²) in [5.74, 6) is 0.913. The van der Waals surface area contributed by atoms with Crippen LogP contribution >= 0.6 is 0 Å². The molecule has 0 aromatic heterocycles. The van der Waals surface area contributed by atoms with Crippen LogP contribution in [0.3, 0.4) is 0 Å². The lowest BCUT2D eigenvalue weighted by Gasteiger charge is -2.28. The van der Waals surface area contributed by atoms with Crippen LogP contribution in [0.5, 0.6) is 11.5 Å². The van der Waals surface area contributed by atoms with Crippen molar-refractivity contribution in [2.24, 2.45) is 0 Å². The van der Waals surface area contributed by atoms with Gasteiger partial charge in [0.05, 0.1) is 5.69 Å². The van der Waals surface area contributed by atoms with Crippen molar-refractivity contribution < 1.29 is 19.1 Å². The van der Waals surface area contributed by atoms with Crippen LogP contribution in [-0.4, -0.2) is 25.0 Å². The van der Waals surface area contributed by atoms with Crippen molar-refractivity contribution in [3.05, 3.63) is 103 Å². The Morgan fingerprint density at radius 3 is 2.64 bits per heavy atom. The third-order valence-electron chi connectivity index (χ3n) is 5.04. The van der Waals surface area contributed by atoms with Gasteiger partial charge in [0.25, 0.3) is 5.91 Å². The largest absolute Gasteiger partial charge is 0.489 e. The number of nitrogens with zero attached hydrogens (tertiary/aromatic N) is 1. The first-order valence-electron chi connectivity index (χ1n) is 10.6. The van der Waals surface area contributed by atoms with Gasteiger partial charge in [-0.25, -0.2) is 0 Å². The van der Waals surface area contributed by atoms with Crippen LogP contribution in [0.1, 0.15) is 11.1 Å². The molecule has 3 aromatic carbocycles. The van der Waals surface area contributed by atoms with Gasteiger partial charge in [-0.05, 0) is 41.5 Å².